The maximum atomic E-state index is 10.7. The minimum Gasteiger partial charge on any atom is -0.330 e. The predicted molar refractivity (Wildman–Crippen MR) is 39.9 cm³/mol. The molecular weight excluding hydrogens is 136 g/mol. The minimum absolute atomic E-state index is 0.490. The molecule has 0 fully saturated rings. The second-order valence-corrected chi connectivity index (χ2v) is 4.62. The topological polar surface area (TPSA) is 66.9 Å². The predicted octanol–water partition coefficient (Wildman–Crippen LogP) is 0.402. The van der Waals surface area contributed by atoms with E-state index in [-0.39, 0.29) is 0 Å². The van der Waals surface area contributed by atoms with Crippen molar-refractivity contribution in [2.45, 2.75) is 12.8 Å². The Morgan fingerprint density at radius 2 is 2.11 bits per heavy atom. The molecule has 0 rings (SSSR count). The van der Waals surface area contributed by atoms with Crippen LogP contribution in [0.2, 0.25) is 0 Å². The van der Waals surface area contributed by atoms with Crippen LogP contribution in [0.1, 0.15) is 12.8 Å². The lowest BCUT2D eigenvalue weighted by Gasteiger charge is -1.97. The van der Waals surface area contributed by atoms with Gasteiger partial charge in [0.15, 0.2) is 0 Å². The normalized spacial score (nSPS) is 17.1. The van der Waals surface area contributed by atoms with Crippen molar-refractivity contribution in [2.24, 2.45) is 5.73 Å². The zero-order valence-corrected chi connectivity index (χ0v) is 6.54. The van der Waals surface area contributed by atoms with Crippen LogP contribution in [0.3, 0.4) is 0 Å². The molecule has 0 aliphatic heterocycles. The first-order valence-electron chi connectivity index (χ1n) is 2.98. The van der Waals surface area contributed by atoms with Gasteiger partial charge in [0, 0.05) is 21.7 Å². The SMILES string of the molecule is CS(=N)(=O)CCCCN. The van der Waals surface area contributed by atoms with E-state index in [4.69, 9.17) is 10.5 Å². The standard InChI is InChI=1S/C5H14N2OS/c1-9(7,8)5-3-2-4-6/h7H,2-6H2,1H3. The summed E-state index contributed by atoms with van der Waals surface area (Å²) in [5, 5.41) is 0. The number of nitrogens with two attached hydrogens (primary N) is 1. The summed E-state index contributed by atoms with van der Waals surface area (Å²) in [5.74, 6) is 0.490. The molecule has 0 spiro atoms. The Hall–Kier alpha value is -0.0900. The van der Waals surface area contributed by atoms with Gasteiger partial charge >= 0.3 is 0 Å². The van der Waals surface area contributed by atoms with Crippen molar-refractivity contribution in [3.05, 3.63) is 0 Å². The Morgan fingerprint density at radius 3 is 2.44 bits per heavy atom. The maximum Gasteiger partial charge on any atom is 0.0412 e. The van der Waals surface area contributed by atoms with Crippen LogP contribution in [0.25, 0.3) is 0 Å². The van der Waals surface area contributed by atoms with Crippen molar-refractivity contribution in [1.29, 1.82) is 4.78 Å². The number of rotatable bonds is 4. The van der Waals surface area contributed by atoms with Crippen LogP contribution in [-0.2, 0) is 9.73 Å². The third kappa shape index (κ3) is 7.91. The van der Waals surface area contributed by atoms with E-state index in [0.717, 1.165) is 12.8 Å². The van der Waals surface area contributed by atoms with Gasteiger partial charge in [0.1, 0.15) is 0 Å². The fourth-order valence-corrected chi connectivity index (χ4v) is 1.28. The first-order chi connectivity index (χ1) is 4.06. The third-order valence-corrected chi connectivity index (χ3v) is 2.06. The maximum absolute atomic E-state index is 10.7. The Morgan fingerprint density at radius 1 is 1.56 bits per heavy atom. The Kier molecular flexibility index (Phi) is 3.81. The van der Waals surface area contributed by atoms with Crippen LogP contribution in [0.15, 0.2) is 0 Å². The van der Waals surface area contributed by atoms with Crippen LogP contribution in [0.5, 0.6) is 0 Å². The number of unbranched alkanes of at least 4 members (excludes halogenated alkanes) is 1. The van der Waals surface area contributed by atoms with Gasteiger partial charge in [0.05, 0.1) is 0 Å². The van der Waals surface area contributed by atoms with E-state index >= 15 is 0 Å². The molecule has 0 aromatic rings. The fourth-order valence-electron chi connectivity index (χ4n) is 0.522. The second-order valence-electron chi connectivity index (χ2n) is 2.20. The van der Waals surface area contributed by atoms with Crippen molar-refractivity contribution in [3.8, 4) is 0 Å². The first kappa shape index (κ1) is 8.91. The van der Waals surface area contributed by atoms with Crippen LogP contribution < -0.4 is 5.73 Å². The third-order valence-electron chi connectivity index (χ3n) is 0.988. The zero-order valence-electron chi connectivity index (χ0n) is 5.72. The molecule has 0 aliphatic rings. The molecule has 0 saturated carbocycles. The average molecular weight is 150 g/mol. The number of hydrogen-bond acceptors (Lipinski definition) is 3. The van der Waals surface area contributed by atoms with Gasteiger partial charge < -0.3 is 5.73 Å². The average Bonchev–Trinajstić information content (AvgIpc) is 1.63. The molecule has 0 radical (unpaired) electrons. The van der Waals surface area contributed by atoms with Crippen LogP contribution in [0.4, 0.5) is 0 Å². The monoisotopic (exact) mass is 150 g/mol. The smallest absolute Gasteiger partial charge is 0.0412 e. The lowest BCUT2D eigenvalue weighted by atomic mass is 10.3. The second kappa shape index (κ2) is 3.85. The van der Waals surface area contributed by atoms with Crippen molar-refractivity contribution in [2.75, 3.05) is 18.6 Å². The van der Waals surface area contributed by atoms with E-state index in [1.165, 1.54) is 6.26 Å². The Bertz CT molecular complexity index is 150. The van der Waals surface area contributed by atoms with E-state index in [2.05, 4.69) is 0 Å². The molecule has 56 valence electrons. The van der Waals surface area contributed by atoms with E-state index in [1.54, 1.807) is 0 Å². The van der Waals surface area contributed by atoms with Gasteiger partial charge in [0.2, 0.25) is 0 Å². The molecule has 1 atom stereocenters. The molecule has 3 N–H and O–H groups in total. The van der Waals surface area contributed by atoms with E-state index < -0.39 is 9.73 Å². The van der Waals surface area contributed by atoms with Crippen molar-refractivity contribution in [3.63, 3.8) is 0 Å². The van der Waals surface area contributed by atoms with Gasteiger partial charge in [-0.05, 0) is 19.4 Å². The summed E-state index contributed by atoms with van der Waals surface area (Å²) in [4.78, 5) is 0. The van der Waals surface area contributed by atoms with Crippen LogP contribution in [-0.4, -0.2) is 22.8 Å². The largest absolute Gasteiger partial charge is 0.330 e. The van der Waals surface area contributed by atoms with Crippen molar-refractivity contribution >= 4 is 9.73 Å². The highest BCUT2D eigenvalue weighted by molar-refractivity contribution is 7.91. The van der Waals surface area contributed by atoms with Gasteiger partial charge in [0.25, 0.3) is 0 Å². The summed E-state index contributed by atoms with van der Waals surface area (Å²) >= 11 is 0. The lowest BCUT2D eigenvalue weighted by molar-refractivity contribution is 0.673. The van der Waals surface area contributed by atoms with E-state index in [1.807, 2.05) is 0 Å². The lowest BCUT2D eigenvalue weighted by Crippen LogP contribution is -2.04. The van der Waals surface area contributed by atoms with E-state index in [9.17, 15) is 4.21 Å². The highest BCUT2D eigenvalue weighted by atomic mass is 32.2. The Labute approximate surface area is 56.6 Å². The quantitative estimate of drug-likeness (QED) is 0.570. The van der Waals surface area contributed by atoms with Crippen molar-refractivity contribution < 1.29 is 4.21 Å². The Balaban J connectivity index is 3.30. The van der Waals surface area contributed by atoms with Crippen LogP contribution in [0, 0.1) is 4.78 Å². The molecule has 0 aromatic heterocycles. The molecule has 9 heavy (non-hydrogen) atoms. The van der Waals surface area contributed by atoms with Gasteiger partial charge in [-0.15, -0.1) is 0 Å². The minimum atomic E-state index is -2.25. The molecule has 0 aliphatic carbocycles. The summed E-state index contributed by atoms with van der Waals surface area (Å²) in [6, 6.07) is 0. The summed E-state index contributed by atoms with van der Waals surface area (Å²) in [6.07, 6.45) is 3.16. The van der Waals surface area contributed by atoms with Gasteiger partial charge in [-0.25, -0.2) is 0 Å². The van der Waals surface area contributed by atoms with Crippen molar-refractivity contribution in [1.82, 2.24) is 0 Å². The van der Waals surface area contributed by atoms with Crippen LogP contribution >= 0.6 is 0 Å². The summed E-state index contributed by atoms with van der Waals surface area (Å²) < 4.78 is 17.7. The first-order valence-corrected chi connectivity index (χ1v) is 5.11. The molecule has 1 unspecified atom stereocenters. The van der Waals surface area contributed by atoms with Gasteiger partial charge in [-0.3, -0.25) is 8.99 Å². The zero-order chi connectivity index (χ0) is 7.33. The summed E-state index contributed by atoms with van der Waals surface area (Å²) in [7, 11) is -2.25. The number of hydrogen-bond donors (Lipinski definition) is 2. The fraction of sp³-hybridized carbons (Fsp3) is 1.00. The highest BCUT2D eigenvalue weighted by Crippen LogP contribution is 1.92. The summed E-state index contributed by atoms with van der Waals surface area (Å²) in [5.41, 5.74) is 5.20. The summed E-state index contributed by atoms with van der Waals surface area (Å²) in [6.45, 7) is 0.634. The number of nitrogens with one attached hydrogen (secondary N) is 1. The highest BCUT2D eigenvalue weighted by Gasteiger charge is 1.94. The molecule has 0 saturated heterocycles. The molecule has 0 heterocycles. The van der Waals surface area contributed by atoms with Gasteiger partial charge in [-0.2, -0.15) is 0 Å². The van der Waals surface area contributed by atoms with E-state index in [0.29, 0.717) is 12.3 Å². The molecule has 0 aromatic carbocycles. The molecular formula is C5H14N2OS. The van der Waals surface area contributed by atoms with Gasteiger partial charge in [-0.1, -0.05) is 0 Å². The molecule has 4 heteroatoms. The molecule has 0 amide bonds. The molecule has 3 nitrogen and oxygen atoms in total. The molecule has 0 bridgehead atoms.